The standard InChI is InChI=1S/C32H32Cl2N8O4/c1-32(2,3)46-31(44)41-16-19(17-41)10-11-42-18-22(15-37-42)45-21-8-9-26(35-14-21)38-30-36-13-20-12-23(29(43)40(4)28(20)39-30)27-24(33)6-5-7-25(27)34/h5-9,12-15,18-19H,10-11,16-17H2,1-4H3,(H,35,36,38,39). The van der Waals surface area contributed by atoms with Crippen molar-refractivity contribution in [3.8, 4) is 22.6 Å². The Kier molecular flexibility index (Phi) is 8.58. The molecule has 0 bridgehead atoms. The zero-order valence-corrected chi connectivity index (χ0v) is 27.2. The number of likely N-dealkylation sites (tertiary alicyclic amines) is 1. The minimum atomic E-state index is -0.492. The van der Waals surface area contributed by atoms with E-state index in [1.807, 2.05) is 31.6 Å². The third-order valence-corrected chi connectivity index (χ3v) is 8.01. The number of ether oxygens (including phenoxy) is 2. The van der Waals surface area contributed by atoms with Crippen LogP contribution in [-0.2, 0) is 18.3 Å². The van der Waals surface area contributed by atoms with E-state index in [4.69, 9.17) is 32.7 Å². The fourth-order valence-electron chi connectivity index (χ4n) is 5.07. The van der Waals surface area contributed by atoms with Crippen LogP contribution < -0.4 is 15.6 Å². The predicted octanol–water partition coefficient (Wildman–Crippen LogP) is 6.69. The second kappa shape index (κ2) is 12.6. The summed E-state index contributed by atoms with van der Waals surface area (Å²) in [5.74, 6) is 2.29. The highest BCUT2D eigenvalue weighted by Crippen LogP contribution is 2.34. The number of nitrogens with zero attached hydrogens (tertiary/aromatic N) is 7. The lowest BCUT2D eigenvalue weighted by Crippen LogP contribution is -2.51. The van der Waals surface area contributed by atoms with E-state index in [9.17, 15) is 9.59 Å². The zero-order valence-electron chi connectivity index (χ0n) is 25.7. The van der Waals surface area contributed by atoms with Crippen molar-refractivity contribution in [2.75, 3.05) is 18.4 Å². The summed E-state index contributed by atoms with van der Waals surface area (Å²) in [5.41, 5.74) is 0.486. The lowest BCUT2D eigenvalue weighted by Gasteiger charge is -2.39. The Bertz CT molecular complexity index is 1940. The molecule has 0 atom stereocenters. The molecule has 1 aliphatic rings. The first-order valence-electron chi connectivity index (χ1n) is 14.7. The number of amides is 1. The molecule has 1 fully saturated rings. The number of benzene rings is 1. The number of anilines is 2. The molecule has 0 radical (unpaired) electrons. The van der Waals surface area contributed by atoms with Crippen LogP contribution in [0.1, 0.15) is 27.2 Å². The van der Waals surface area contributed by atoms with Crippen molar-refractivity contribution >= 4 is 52.1 Å². The van der Waals surface area contributed by atoms with Crippen LogP contribution in [0.15, 0.2) is 66.0 Å². The first kappa shape index (κ1) is 31.3. The molecule has 0 spiro atoms. The molecule has 1 aliphatic heterocycles. The summed E-state index contributed by atoms with van der Waals surface area (Å²) in [4.78, 5) is 40.4. The van der Waals surface area contributed by atoms with Gasteiger partial charge in [0.05, 0.1) is 34.2 Å². The molecule has 5 heterocycles. The van der Waals surface area contributed by atoms with Crippen LogP contribution in [0.5, 0.6) is 11.5 Å². The molecule has 46 heavy (non-hydrogen) atoms. The zero-order chi connectivity index (χ0) is 32.6. The smallest absolute Gasteiger partial charge is 0.410 e. The summed E-state index contributed by atoms with van der Waals surface area (Å²) >= 11 is 12.7. The van der Waals surface area contributed by atoms with Crippen molar-refractivity contribution in [2.24, 2.45) is 13.0 Å². The number of aryl methyl sites for hydroxylation is 2. The lowest BCUT2D eigenvalue weighted by atomic mass is 9.97. The van der Waals surface area contributed by atoms with Gasteiger partial charge in [-0.2, -0.15) is 10.1 Å². The molecular weight excluding hydrogens is 631 g/mol. The number of halogens is 2. The highest BCUT2D eigenvalue weighted by Gasteiger charge is 2.33. The van der Waals surface area contributed by atoms with Crippen molar-refractivity contribution in [2.45, 2.75) is 39.3 Å². The first-order valence-corrected chi connectivity index (χ1v) is 15.4. The summed E-state index contributed by atoms with van der Waals surface area (Å²) in [7, 11) is 1.63. The van der Waals surface area contributed by atoms with E-state index in [-0.39, 0.29) is 17.6 Å². The van der Waals surface area contributed by atoms with Crippen molar-refractivity contribution in [1.82, 2.24) is 34.2 Å². The molecule has 0 saturated carbocycles. The Morgan fingerprint density at radius 1 is 1.04 bits per heavy atom. The van der Waals surface area contributed by atoms with E-state index in [1.165, 1.54) is 4.57 Å². The van der Waals surface area contributed by atoms with E-state index < -0.39 is 5.60 Å². The number of carbonyl (C=O) groups is 1. The molecule has 5 aromatic rings. The average molecular weight is 664 g/mol. The SMILES string of the molecule is Cn1c(=O)c(-c2c(Cl)cccc2Cl)cc2cnc(Nc3ccc(Oc4cnn(CCC5CN(C(=O)OC(C)(C)C)C5)c4)cn3)nc21. The number of hydrogen-bond donors (Lipinski definition) is 1. The van der Waals surface area contributed by atoms with E-state index >= 15 is 0 Å². The fraction of sp³-hybridized carbons (Fsp3) is 0.312. The first-order chi connectivity index (χ1) is 21.9. The summed E-state index contributed by atoms with van der Waals surface area (Å²) in [6.45, 7) is 7.68. The maximum Gasteiger partial charge on any atom is 0.410 e. The Morgan fingerprint density at radius 2 is 1.80 bits per heavy atom. The molecule has 238 valence electrons. The molecule has 14 heteroatoms. The van der Waals surface area contributed by atoms with Gasteiger partial charge in [0.15, 0.2) is 5.75 Å². The van der Waals surface area contributed by atoms with Crippen LogP contribution in [0.2, 0.25) is 10.0 Å². The van der Waals surface area contributed by atoms with Gasteiger partial charge in [0.25, 0.3) is 5.56 Å². The molecule has 0 aliphatic carbocycles. The van der Waals surface area contributed by atoms with Gasteiger partial charge >= 0.3 is 6.09 Å². The van der Waals surface area contributed by atoms with E-state index in [0.717, 1.165) is 6.42 Å². The Morgan fingerprint density at radius 3 is 2.50 bits per heavy atom. The summed E-state index contributed by atoms with van der Waals surface area (Å²) in [6, 6.07) is 10.3. The molecule has 1 N–H and O–H groups in total. The van der Waals surface area contributed by atoms with Gasteiger partial charge in [-0.1, -0.05) is 29.3 Å². The maximum absolute atomic E-state index is 13.2. The molecule has 0 unspecified atom stereocenters. The number of fused-ring (bicyclic) bond motifs is 1. The summed E-state index contributed by atoms with van der Waals surface area (Å²) in [6.07, 6.45) is 7.31. The van der Waals surface area contributed by atoms with Gasteiger partial charge in [0.1, 0.15) is 22.8 Å². The monoisotopic (exact) mass is 662 g/mol. The summed E-state index contributed by atoms with van der Waals surface area (Å²) < 4.78 is 14.6. The number of carbonyl (C=O) groups excluding carboxylic acids is 1. The normalized spacial score (nSPS) is 13.5. The van der Waals surface area contributed by atoms with Gasteiger partial charge in [0.2, 0.25) is 5.95 Å². The van der Waals surface area contributed by atoms with E-state index in [2.05, 4.69) is 25.4 Å². The van der Waals surface area contributed by atoms with Crippen LogP contribution in [0, 0.1) is 5.92 Å². The van der Waals surface area contributed by atoms with Crippen molar-refractivity contribution in [3.63, 3.8) is 0 Å². The van der Waals surface area contributed by atoms with Crippen molar-refractivity contribution in [3.05, 3.63) is 81.6 Å². The van der Waals surface area contributed by atoms with Gasteiger partial charge in [-0.15, -0.1) is 0 Å². The van der Waals surface area contributed by atoms with E-state index in [0.29, 0.717) is 75.1 Å². The van der Waals surface area contributed by atoms with Gasteiger partial charge < -0.3 is 19.7 Å². The average Bonchev–Trinajstić information content (AvgIpc) is 3.42. The Labute approximate surface area is 274 Å². The van der Waals surface area contributed by atoms with Crippen LogP contribution in [0.3, 0.4) is 0 Å². The molecule has 1 saturated heterocycles. The summed E-state index contributed by atoms with van der Waals surface area (Å²) in [5, 5.41) is 8.87. The Hall–Kier alpha value is -4.68. The number of rotatable bonds is 8. The van der Waals surface area contributed by atoms with E-state index in [1.54, 1.807) is 66.9 Å². The second-order valence-electron chi connectivity index (χ2n) is 12.1. The molecule has 6 rings (SSSR count). The lowest BCUT2D eigenvalue weighted by molar-refractivity contribution is -0.00276. The number of aromatic nitrogens is 6. The highest BCUT2D eigenvalue weighted by atomic mass is 35.5. The minimum Gasteiger partial charge on any atom is -0.452 e. The molecule has 4 aromatic heterocycles. The largest absolute Gasteiger partial charge is 0.452 e. The van der Waals surface area contributed by atoms with Crippen LogP contribution in [0.4, 0.5) is 16.6 Å². The van der Waals surface area contributed by atoms with Gasteiger partial charge in [-0.3, -0.25) is 14.0 Å². The van der Waals surface area contributed by atoms with Crippen molar-refractivity contribution < 1.29 is 14.3 Å². The third-order valence-electron chi connectivity index (χ3n) is 7.38. The Balaban J connectivity index is 1.05. The predicted molar refractivity (Wildman–Crippen MR) is 176 cm³/mol. The second-order valence-corrected chi connectivity index (χ2v) is 12.9. The van der Waals surface area contributed by atoms with Gasteiger partial charge in [-0.25, -0.2) is 14.8 Å². The van der Waals surface area contributed by atoms with Crippen LogP contribution in [-0.4, -0.2) is 59.0 Å². The molecule has 1 aromatic carbocycles. The minimum absolute atomic E-state index is 0.264. The number of pyridine rings is 2. The quantitative estimate of drug-likeness (QED) is 0.193. The van der Waals surface area contributed by atoms with Crippen LogP contribution >= 0.6 is 23.2 Å². The van der Waals surface area contributed by atoms with Gasteiger partial charge in [0, 0.05) is 43.8 Å². The molecule has 1 amide bonds. The third kappa shape index (κ3) is 6.92. The molecule has 12 nitrogen and oxygen atoms in total. The highest BCUT2D eigenvalue weighted by molar-refractivity contribution is 6.39. The van der Waals surface area contributed by atoms with Crippen molar-refractivity contribution in [1.29, 1.82) is 0 Å². The molecular formula is C32H32Cl2N8O4. The number of nitrogens with one attached hydrogen (secondary N) is 1. The maximum atomic E-state index is 13.2. The fourth-order valence-corrected chi connectivity index (χ4v) is 5.67. The number of hydrogen-bond acceptors (Lipinski definition) is 9. The van der Waals surface area contributed by atoms with Crippen LogP contribution in [0.25, 0.3) is 22.2 Å². The topological polar surface area (TPSA) is 129 Å². The van der Waals surface area contributed by atoms with Gasteiger partial charge in [-0.05, 0) is 63.4 Å².